The topological polar surface area (TPSA) is 38.3 Å². The lowest BCUT2D eigenvalue weighted by atomic mass is 10.00. The van der Waals surface area contributed by atoms with Crippen LogP contribution in [0.4, 0.5) is 0 Å². The Kier molecular flexibility index (Phi) is 2.63. The molecular formula is C14H17NO2. The minimum Gasteiger partial charge on any atom is -0.459 e. The van der Waals surface area contributed by atoms with Crippen LogP contribution in [-0.2, 0) is 16.1 Å². The summed E-state index contributed by atoms with van der Waals surface area (Å²) < 4.78 is 5.43. The molecule has 1 aliphatic heterocycles. The summed E-state index contributed by atoms with van der Waals surface area (Å²) >= 11 is 0. The first-order chi connectivity index (χ1) is 8.28. The largest absolute Gasteiger partial charge is 0.459 e. The highest BCUT2D eigenvalue weighted by Crippen LogP contribution is 2.40. The van der Waals surface area contributed by atoms with Gasteiger partial charge in [0.15, 0.2) is 0 Å². The molecule has 0 spiro atoms. The number of fused-ring (bicyclic) bond motifs is 2. The number of carbonyl (C=O) groups is 1. The molecule has 3 heteroatoms. The Hall–Kier alpha value is -1.35. The lowest BCUT2D eigenvalue weighted by Crippen LogP contribution is -2.48. The molecular weight excluding hydrogens is 214 g/mol. The highest BCUT2D eigenvalue weighted by molar-refractivity contribution is 5.82. The van der Waals surface area contributed by atoms with E-state index in [2.05, 4.69) is 5.32 Å². The first-order valence-corrected chi connectivity index (χ1v) is 6.25. The summed E-state index contributed by atoms with van der Waals surface area (Å²) in [5.41, 5.74) is 0.684. The van der Waals surface area contributed by atoms with Gasteiger partial charge in [0.05, 0.1) is 0 Å². The molecule has 2 atom stereocenters. The van der Waals surface area contributed by atoms with E-state index in [1.54, 1.807) is 0 Å². The third-order valence-electron chi connectivity index (χ3n) is 3.95. The predicted molar refractivity (Wildman–Crippen MR) is 64.3 cm³/mol. The van der Waals surface area contributed by atoms with Crippen LogP contribution in [-0.4, -0.2) is 18.1 Å². The molecule has 2 bridgehead atoms. The maximum Gasteiger partial charge on any atom is 0.326 e. The van der Waals surface area contributed by atoms with Crippen molar-refractivity contribution in [3.05, 3.63) is 35.9 Å². The van der Waals surface area contributed by atoms with Crippen LogP contribution in [0.5, 0.6) is 0 Å². The van der Waals surface area contributed by atoms with Gasteiger partial charge in [0.1, 0.15) is 12.1 Å². The molecule has 1 N–H and O–H groups in total. The average Bonchev–Trinajstić information content (AvgIpc) is 2.99. The first-order valence-electron chi connectivity index (χ1n) is 6.25. The monoisotopic (exact) mass is 231 g/mol. The third kappa shape index (κ3) is 1.95. The van der Waals surface area contributed by atoms with Crippen molar-refractivity contribution < 1.29 is 9.53 Å². The van der Waals surface area contributed by atoms with Crippen LogP contribution in [0.3, 0.4) is 0 Å². The Morgan fingerprint density at radius 2 is 2.24 bits per heavy atom. The molecule has 2 aliphatic rings. The van der Waals surface area contributed by atoms with E-state index in [1.165, 1.54) is 0 Å². The fraction of sp³-hybridized carbons (Fsp3) is 0.500. The number of hydrogen-bond acceptors (Lipinski definition) is 3. The standard InChI is InChI=1S/C14H17NO2/c16-13(14-7-6-12(8-14)9-15-14)17-10-11-4-2-1-3-5-11/h1-5,12,15H,6-10H2/t12-,14+/m1/s1. The quantitative estimate of drug-likeness (QED) is 0.807. The Balaban J connectivity index is 1.61. The van der Waals surface area contributed by atoms with Crippen LogP contribution in [0.1, 0.15) is 24.8 Å². The van der Waals surface area contributed by atoms with Crippen molar-refractivity contribution in [2.45, 2.75) is 31.4 Å². The second-order valence-electron chi connectivity index (χ2n) is 5.13. The molecule has 1 heterocycles. The van der Waals surface area contributed by atoms with Gasteiger partial charge in [0.2, 0.25) is 0 Å². The zero-order valence-electron chi connectivity index (χ0n) is 9.82. The molecule has 90 valence electrons. The van der Waals surface area contributed by atoms with E-state index < -0.39 is 0 Å². The summed E-state index contributed by atoms with van der Waals surface area (Å²) in [6.07, 6.45) is 3.05. The summed E-state index contributed by atoms with van der Waals surface area (Å²) in [5.74, 6) is 0.612. The van der Waals surface area contributed by atoms with Crippen molar-refractivity contribution in [3.63, 3.8) is 0 Å². The maximum absolute atomic E-state index is 12.1. The maximum atomic E-state index is 12.1. The highest BCUT2D eigenvalue weighted by Gasteiger charge is 2.51. The van der Waals surface area contributed by atoms with E-state index in [9.17, 15) is 4.79 Å². The second-order valence-corrected chi connectivity index (χ2v) is 5.13. The van der Waals surface area contributed by atoms with Gasteiger partial charge < -0.3 is 10.1 Å². The number of piperidine rings is 1. The molecule has 17 heavy (non-hydrogen) atoms. The van der Waals surface area contributed by atoms with Crippen LogP contribution in [0.2, 0.25) is 0 Å². The van der Waals surface area contributed by atoms with E-state index in [0.29, 0.717) is 12.5 Å². The van der Waals surface area contributed by atoms with Gasteiger partial charge in [-0.15, -0.1) is 0 Å². The number of rotatable bonds is 3. The average molecular weight is 231 g/mol. The molecule has 1 saturated carbocycles. The van der Waals surface area contributed by atoms with Gasteiger partial charge in [-0.3, -0.25) is 4.79 Å². The molecule has 0 unspecified atom stereocenters. The molecule has 3 rings (SSSR count). The summed E-state index contributed by atoms with van der Waals surface area (Å²) in [4.78, 5) is 12.1. The van der Waals surface area contributed by atoms with Crippen LogP contribution < -0.4 is 5.32 Å². The van der Waals surface area contributed by atoms with Gasteiger partial charge in [-0.2, -0.15) is 0 Å². The molecule has 0 amide bonds. The van der Waals surface area contributed by atoms with E-state index in [-0.39, 0.29) is 11.5 Å². The van der Waals surface area contributed by atoms with Crippen molar-refractivity contribution in [1.82, 2.24) is 5.32 Å². The summed E-state index contributed by atoms with van der Waals surface area (Å²) in [6, 6.07) is 9.83. The number of carbonyl (C=O) groups excluding carboxylic acids is 1. The zero-order chi connectivity index (χ0) is 11.7. The molecule has 1 saturated heterocycles. The highest BCUT2D eigenvalue weighted by atomic mass is 16.5. The van der Waals surface area contributed by atoms with Gasteiger partial charge in [-0.05, 0) is 37.3 Å². The van der Waals surface area contributed by atoms with Gasteiger partial charge >= 0.3 is 5.97 Å². The smallest absolute Gasteiger partial charge is 0.326 e. The molecule has 2 fully saturated rings. The summed E-state index contributed by atoms with van der Waals surface area (Å²) in [5, 5.41) is 3.33. The van der Waals surface area contributed by atoms with Gasteiger partial charge in [0, 0.05) is 0 Å². The van der Waals surface area contributed by atoms with Gasteiger partial charge in [0.25, 0.3) is 0 Å². The van der Waals surface area contributed by atoms with Crippen molar-refractivity contribution in [2.24, 2.45) is 5.92 Å². The Labute approximate surface area is 101 Å². The SMILES string of the molecule is O=C(OCc1ccccc1)[C@@]12CC[C@@H](CN1)C2. The van der Waals surface area contributed by atoms with Crippen molar-refractivity contribution in [3.8, 4) is 0 Å². The predicted octanol–water partition coefficient (Wildman–Crippen LogP) is 1.87. The van der Waals surface area contributed by atoms with Crippen LogP contribution >= 0.6 is 0 Å². The van der Waals surface area contributed by atoms with Crippen LogP contribution in [0, 0.1) is 5.92 Å². The Morgan fingerprint density at radius 3 is 2.82 bits per heavy atom. The molecule has 1 aliphatic carbocycles. The number of ether oxygens (including phenoxy) is 1. The fourth-order valence-electron chi connectivity index (χ4n) is 2.94. The van der Waals surface area contributed by atoms with Crippen molar-refractivity contribution >= 4 is 5.97 Å². The zero-order valence-corrected chi connectivity index (χ0v) is 9.82. The minimum absolute atomic E-state index is 0.0682. The Bertz CT molecular complexity index is 407. The number of nitrogens with one attached hydrogen (secondary N) is 1. The number of hydrogen-bond donors (Lipinski definition) is 1. The molecule has 0 aromatic heterocycles. The number of esters is 1. The fourth-order valence-corrected chi connectivity index (χ4v) is 2.94. The van der Waals surface area contributed by atoms with Crippen molar-refractivity contribution in [2.75, 3.05) is 6.54 Å². The van der Waals surface area contributed by atoms with Crippen LogP contribution in [0.25, 0.3) is 0 Å². The summed E-state index contributed by atoms with van der Waals surface area (Å²) in [7, 11) is 0. The van der Waals surface area contributed by atoms with Crippen LogP contribution in [0.15, 0.2) is 30.3 Å². The molecule has 0 radical (unpaired) electrons. The van der Waals surface area contributed by atoms with E-state index in [1.807, 2.05) is 30.3 Å². The third-order valence-corrected chi connectivity index (χ3v) is 3.95. The Morgan fingerprint density at radius 1 is 1.41 bits per heavy atom. The summed E-state index contributed by atoms with van der Waals surface area (Å²) in [6.45, 7) is 1.36. The molecule has 3 nitrogen and oxygen atoms in total. The van der Waals surface area contributed by atoms with E-state index >= 15 is 0 Å². The first kappa shape index (κ1) is 10.8. The van der Waals surface area contributed by atoms with E-state index in [0.717, 1.165) is 31.4 Å². The number of benzene rings is 1. The second kappa shape index (κ2) is 4.15. The van der Waals surface area contributed by atoms with E-state index in [4.69, 9.17) is 4.74 Å². The lowest BCUT2D eigenvalue weighted by molar-refractivity contribution is -0.152. The van der Waals surface area contributed by atoms with Gasteiger partial charge in [-0.25, -0.2) is 0 Å². The lowest BCUT2D eigenvalue weighted by Gasteiger charge is -2.25. The van der Waals surface area contributed by atoms with Gasteiger partial charge in [-0.1, -0.05) is 30.3 Å². The molecule has 1 aromatic carbocycles. The minimum atomic E-state index is -0.362. The normalized spacial score (nSPS) is 30.5. The molecule has 1 aromatic rings. The van der Waals surface area contributed by atoms with Crippen molar-refractivity contribution in [1.29, 1.82) is 0 Å².